The van der Waals surface area contributed by atoms with Crippen LogP contribution in [0.15, 0.2) is 55.2 Å². The van der Waals surface area contributed by atoms with Gasteiger partial charge in [-0.25, -0.2) is 15.0 Å². The van der Waals surface area contributed by atoms with Crippen LogP contribution < -0.4 is 10.2 Å². The van der Waals surface area contributed by atoms with E-state index in [1.807, 2.05) is 25.5 Å². The Morgan fingerprint density at radius 1 is 0.966 bits per heavy atom. The molecule has 1 N–H and O–H groups in total. The first-order chi connectivity index (χ1) is 14.2. The van der Waals surface area contributed by atoms with Crippen molar-refractivity contribution in [2.75, 3.05) is 31.1 Å². The average Bonchev–Trinajstić information content (AvgIpc) is 3.09. The number of hydrogen-bond donors (Lipinski definition) is 1. The molecule has 0 radical (unpaired) electrons. The van der Waals surface area contributed by atoms with Crippen molar-refractivity contribution < 1.29 is 0 Å². The number of anilines is 1. The molecule has 0 aliphatic carbocycles. The monoisotopic (exact) mass is 404 g/mol. The number of piperazine rings is 1. The molecule has 0 saturated carbocycles. The molecule has 0 amide bonds. The number of nitrogens with zero attached hydrogens (tertiary/aromatic N) is 5. The molecule has 3 aromatic heterocycles. The second-order valence-electron chi connectivity index (χ2n) is 7.19. The summed E-state index contributed by atoms with van der Waals surface area (Å²) in [5.41, 5.74) is 6.19. The zero-order valence-corrected chi connectivity index (χ0v) is 16.9. The van der Waals surface area contributed by atoms with Crippen molar-refractivity contribution >= 4 is 28.3 Å². The zero-order chi connectivity index (χ0) is 19.8. The molecule has 4 aromatic rings. The van der Waals surface area contributed by atoms with Crippen molar-refractivity contribution in [1.29, 1.82) is 0 Å². The lowest BCUT2D eigenvalue weighted by molar-refractivity contribution is 0.589. The van der Waals surface area contributed by atoms with Crippen LogP contribution in [0, 0.1) is 0 Å². The van der Waals surface area contributed by atoms with Gasteiger partial charge in [-0.2, -0.15) is 0 Å². The highest BCUT2D eigenvalue weighted by atomic mass is 35.5. The van der Waals surface area contributed by atoms with E-state index in [-0.39, 0.29) is 0 Å². The number of hydrogen-bond acceptors (Lipinski definition) is 5. The molecule has 5 rings (SSSR count). The fraction of sp³-hybridized carbons (Fsp3) is 0.227. The molecule has 1 fully saturated rings. The molecule has 0 spiro atoms. The maximum atomic E-state index is 6.60. The molecule has 1 aliphatic heterocycles. The first kappa shape index (κ1) is 18.1. The molecular weight excluding hydrogens is 384 g/mol. The van der Waals surface area contributed by atoms with Gasteiger partial charge in [0.1, 0.15) is 12.0 Å². The Bertz CT molecular complexity index is 1150. The van der Waals surface area contributed by atoms with E-state index >= 15 is 0 Å². The van der Waals surface area contributed by atoms with Gasteiger partial charge in [0.2, 0.25) is 0 Å². The summed E-state index contributed by atoms with van der Waals surface area (Å²) in [6.07, 6.45) is 6.93. The van der Waals surface area contributed by atoms with Crippen LogP contribution in [0.25, 0.3) is 33.4 Å². The Labute approximate surface area is 174 Å². The average molecular weight is 405 g/mol. The lowest BCUT2D eigenvalue weighted by Crippen LogP contribution is -2.43. The van der Waals surface area contributed by atoms with E-state index in [4.69, 9.17) is 11.6 Å². The third-order valence-corrected chi connectivity index (χ3v) is 5.81. The molecule has 7 heteroatoms. The highest BCUT2D eigenvalue weighted by molar-refractivity contribution is 6.37. The van der Waals surface area contributed by atoms with E-state index in [9.17, 15) is 0 Å². The number of nitrogens with one attached hydrogen (secondary N) is 1. The van der Waals surface area contributed by atoms with Crippen molar-refractivity contribution in [1.82, 2.24) is 24.8 Å². The number of fused-ring (bicyclic) bond motifs is 1. The first-order valence-corrected chi connectivity index (χ1v) is 10.1. The Balaban J connectivity index is 1.69. The minimum Gasteiger partial charge on any atom is -0.369 e. The fourth-order valence-corrected chi connectivity index (χ4v) is 4.34. The first-order valence-electron chi connectivity index (χ1n) is 9.68. The molecule has 1 aliphatic rings. The number of aryl methyl sites for hydroxylation is 1. The molecule has 0 bridgehead atoms. The van der Waals surface area contributed by atoms with E-state index in [2.05, 4.69) is 54.0 Å². The highest BCUT2D eigenvalue weighted by Gasteiger charge is 2.22. The van der Waals surface area contributed by atoms with Crippen molar-refractivity contribution in [3.63, 3.8) is 0 Å². The Morgan fingerprint density at radius 2 is 1.69 bits per heavy atom. The smallest absolute Gasteiger partial charge is 0.142 e. The predicted molar refractivity (Wildman–Crippen MR) is 117 cm³/mol. The van der Waals surface area contributed by atoms with Crippen molar-refractivity contribution in [3.05, 3.63) is 60.3 Å². The van der Waals surface area contributed by atoms with E-state index in [1.165, 1.54) is 12.0 Å². The summed E-state index contributed by atoms with van der Waals surface area (Å²) >= 11 is 6.60. The molecule has 1 aromatic carbocycles. The van der Waals surface area contributed by atoms with Gasteiger partial charge in [0.25, 0.3) is 0 Å². The van der Waals surface area contributed by atoms with E-state index in [0.717, 1.165) is 59.6 Å². The summed E-state index contributed by atoms with van der Waals surface area (Å²) in [6.45, 7) is 4.10. The normalized spacial score (nSPS) is 14.5. The Kier molecular flexibility index (Phi) is 4.66. The van der Waals surface area contributed by atoms with Crippen molar-refractivity contribution in [2.24, 2.45) is 7.05 Å². The van der Waals surface area contributed by atoms with E-state index < -0.39 is 0 Å². The number of pyridine rings is 1. The molecule has 6 nitrogen and oxygen atoms in total. The standard InChI is InChI=1S/C22H21ClN6/c1-28-21(15-2-4-17(5-3-15)29-10-8-24-9-11-29)19(16-12-25-14-26-13-16)20-18(23)6-7-27-22(20)28/h2-7,12-14,24H,8-11H2,1H3. The van der Waals surface area contributed by atoms with Gasteiger partial charge in [0.15, 0.2) is 0 Å². The largest absolute Gasteiger partial charge is 0.369 e. The molecule has 1 saturated heterocycles. The lowest BCUT2D eigenvalue weighted by Gasteiger charge is -2.29. The predicted octanol–water partition coefficient (Wildman–Crippen LogP) is 3.76. The van der Waals surface area contributed by atoms with Gasteiger partial charge in [-0.1, -0.05) is 23.7 Å². The van der Waals surface area contributed by atoms with Crippen molar-refractivity contribution in [3.8, 4) is 22.4 Å². The SMILES string of the molecule is Cn1c(-c2ccc(N3CCNCC3)cc2)c(-c2cncnc2)c2c(Cl)ccnc21. The number of benzene rings is 1. The lowest BCUT2D eigenvalue weighted by atomic mass is 10.0. The van der Waals surface area contributed by atoms with Crippen LogP contribution in [-0.2, 0) is 7.05 Å². The summed E-state index contributed by atoms with van der Waals surface area (Å²) in [5.74, 6) is 0. The van der Waals surface area contributed by atoms with Crippen LogP contribution in [0.2, 0.25) is 5.02 Å². The molecule has 29 heavy (non-hydrogen) atoms. The minimum atomic E-state index is 0.674. The zero-order valence-electron chi connectivity index (χ0n) is 16.1. The van der Waals surface area contributed by atoms with Crippen LogP contribution in [0.1, 0.15) is 0 Å². The van der Waals surface area contributed by atoms with Gasteiger partial charge in [0, 0.05) is 74.0 Å². The number of rotatable bonds is 3. The minimum absolute atomic E-state index is 0.674. The fourth-order valence-electron chi connectivity index (χ4n) is 4.11. The van der Waals surface area contributed by atoms with Crippen LogP contribution in [0.5, 0.6) is 0 Å². The number of aromatic nitrogens is 4. The molecule has 146 valence electrons. The topological polar surface area (TPSA) is 58.9 Å². The van der Waals surface area contributed by atoms with Crippen molar-refractivity contribution in [2.45, 2.75) is 0 Å². The van der Waals surface area contributed by atoms with E-state index in [1.54, 1.807) is 6.20 Å². The second kappa shape index (κ2) is 7.46. The maximum absolute atomic E-state index is 6.60. The maximum Gasteiger partial charge on any atom is 0.142 e. The number of halogens is 1. The van der Waals surface area contributed by atoms with Gasteiger partial charge < -0.3 is 14.8 Å². The molecule has 0 atom stereocenters. The van der Waals surface area contributed by atoms with Crippen LogP contribution in [0.4, 0.5) is 5.69 Å². The van der Waals surface area contributed by atoms with Gasteiger partial charge in [-0.3, -0.25) is 0 Å². The summed E-state index contributed by atoms with van der Waals surface area (Å²) in [5, 5.41) is 5.00. The third-order valence-electron chi connectivity index (χ3n) is 5.49. The molecular formula is C22H21ClN6. The molecule has 0 unspecified atom stereocenters. The summed E-state index contributed by atoms with van der Waals surface area (Å²) < 4.78 is 2.10. The quantitative estimate of drug-likeness (QED) is 0.563. The highest BCUT2D eigenvalue weighted by Crippen LogP contribution is 2.42. The second-order valence-corrected chi connectivity index (χ2v) is 7.59. The van der Waals surface area contributed by atoms with Gasteiger partial charge >= 0.3 is 0 Å². The summed E-state index contributed by atoms with van der Waals surface area (Å²) in [7, 11) is 2.03. The summed E-state index contributed by atoms with van der Waals surface area (Å²) in [6, 6.07) is 10.6. The van der Waals surface area contributed by atoms with Crippen LogP contribution >= 0.6 is 11.6 Å². The van der Waals surface area contributed by atoms with E-state index in [0.29, 0.717) is 5.02 Å². The van der Waals surface area contributed by atoms with Gasteiger partial charge in [-0.15, -0.1) is 0 Å². The van der Waals surface area contributed by atoms with Gasteiger partial charge in [0.05, 0.1) is 10.7 Å². The Hall–Kier alpha value is -2.96. The Morgan fingerprint density at radius 3 is 2.41 bits per heavy atom. The van der Waals surface area contributed by atoms with Crippen LogP contribution in [-0.4, -0.2) is 45.7 Å². The van der Waals surface area contributed by atoms with Gasteiger partial charge in [-0.05, 0) is 23.8 Å². The van der Waals surface area contributed by atoms with Crippen LogP contribution in [0.3, 0.4) is 0 Å². The third kappa shape index (κ3) is 3.14. The molecule has 4 heterocycles. The summed E-state index contributed by atoms with van der Waals surface area (Å²) in [4.78, 5) is 15.4.